The van der Waals surface area contributed by atoms with Crippen LogP contribution in [0.3, 0.4) is 0 Å². The lowest BCUT2D eigenvalue weighted by molar-refractivity contribution is -0.384. The summed E-state index contributed by atoms with van der Waals surface area (Å²) in [5.74, 6) is -0.608. The summed E-state index contributed by atoms with van der Waals surface area (Å²) in [4.78, 5) is 33.8. The Balaban J connectivity index is 2.47. The largest absolute Gasteiger partial charge is 0.452 e. The van der Waals surface area contributed by atoms with E-state index < -0.39 is 23.4 Å². The van der Waals surface area contributed by atoms with Gasteiger partial charge < -0.3 is 10.1 Å². The summed E-state index contributed by atoms with van der Waals surface area (Å²) in [6.07, 6.45) is 2.94. The number of nitrogens with zero attached hydrogens (tertiary/aromatic N) is 1. The summed E-state index contributed by atoms with van der Waals surface area (Å²) in [6.45, 7) is 5.74. The van der Waals surface area contributed by atoms with E-state index in [1.165, 1.54) is 12.1 Å². The number of esters is 1. The number of nitro groups is 1. The third-order valence-corrected chi connectivity index (χ3v) is 3.86. The fourth-order valence-electron chi connectivity index (χ4n) is 2.21. The van der Waals surface area contributed by atoms with Crippen molar-refractivity contribution in [1.82, 2.24) is 5.32 Å². The van der Waals surface area contributed by atoms with E-state index in [1.807, 2.05) is 6.92 Å². The number of nitro benzene ring substituents is 1. The molecule has 0 unspecified atom stereocenters. The average molecular weight is 371 g/mol. The van der Waals surface area contributed by atoms with Gasteiger partial charge in [-0.15, -0.1) is 0 Å². The Morgan fingerprint density at radius 3 is 2.56 bits per heavy atom. The lowest BCUT2D eigenvalue weighted by atomic mass is 10.0. The molecule has 7 nitrogen and oxygen atoms in total. The van der Waals surface area contributed by atoms with Crippen LogP contribution in [0.4, 0.5) is 5.69 Å². The van der Waals surface area contributed by atoms with E-state index in [2.05, 4.69) is 19.2 Å². The monoisotopic (exact) mass is 370 g/mol. The predicted molar refractivity (Wildman–Crippen MR) is 94.7 cm³/mol. The van der Waals surface area contributed by atoms with Crippen LogP contribution in [0.25, 0.3) is 0 Å². The molecule has 0 aliphatic carbocycles. The number of amides is 1. The van der Waals surface area contributed by atoms with Gasteiger partial charge in [0.1, 0.15) is 5.02 Å². The number of carbonyl (C=O) groups excluding carboxylic acids is 2. The van der Waals surface area contributed by atoms with Crippen molar-refractivity contribution in [2.45, 2.75) is 46.1 Å². The second-order valence-electron chi connectivity index (χ2n) is 6.29. The van der Waals surface area contributed by atoms with Crippen molar-refractivity contribution in [3.05, 3.63) is 38.9 Å². The van der Waals surface area contributed by atoms with Gasteiger partial charge >= 0.3 is 5.97 Å². The third-order valence-electron chi connectivity index (χ3n) is 3.54. The Hall–Kier alpha value is -2.15. The second-order valence-corrected chi connectivity index (χ2v) is 6.70. The van der Waals surface area contributed by atoms with E-state index >= 15 is 0 Å². The molecule has 0 heterocycles. The molecular formula is C17H23ClN2O5. The molecule has 1 aromatic rings. The number of hydrogen-bond donors (Lipinski definition) is 1. The van der Waals surface area contributed by atoms with Crippen LogP contribution < -0.4 is 5.32 Å². The molecule has 0 bridgehead atoms. The van der Waals surface area contributed by atoms with Crippen molar-refractivity contribution in [1.29, 1.82) is 0 Å². The predicted octanol–water partition coefficient (Wildman–Crippen LogP) is 3.74. The molecule has 0 aliphatic heterocycles. The van der Waals surface area contributed by atoms with Crippen LogP contribution in [0.2, 0.25) is 5.02 Å². The Morgan fingerprint density at radius 2 is 1.96 bits per heavy atom. The standard InChI is InChI=1S/C17H23ClN2O5/c1-11(2)5-4-6-12(3)19-16(21)10-25-17(22)13-7-8-14(18)15(9-13)20(23)24/h7-9,11-12H,4-6,10H2,1-3H3,(H,19,21)/t12-/m0/s1. The molecule has 1 N–H and O–H groups in total. The number of ether oxygens (including phenoxy) is 1. The van der Waals surface area contributed by atoms with Crippen LogP contribution in [0.5, 0.6) is 0 Å². The number of halogens is 1. The van der Waals surface area contributed by atoms with E-state index in [0.717, 1.165) is 25.3 Å². The van der Waals surface area contributed by atoms with Crippen LogP contribution >= 0.6 is 11.6 Å². The molecule has 0 aliphatic rings. The molecule has 0 radical (unpaired) electrons. The minimum Gasteiger partial charge on any atom is -0.452 e. The van der Waals surface area contributed by atoms with E-state index in [0.29, 0.717) is 5.92 Å². The summed E-state index contributed by atoms with van der Waals surface area (Å²) in [5.41, 5.74) is -0.423. The van der Waals surface area contributed by atoms with Gasteiger partial charge in [-0.2, -0.15) is 0 Å². The quantitative estimate of drug-likeness (QED) is 0.405. The van der Waals surface area contributed by atoms with Crippen molar-refractivity contribution in [3.8, 4) is 0 Å². The first-order valence-electron chi connectivity index (χ1n) is 8.11. The molecule has 1 amide bonds. The van der Waals surface area contributed by atoms with E-state index in [4.69, 9.17) is 16.3 Å². The zero-order valence-corrected chi connectivity index (χ0v) is 15.3. The van der Waals surface area contributed by atoms with Gasteiger partial charge in [0.15, 0.2) is 6.61 Å². The summed E-state index contributed by atoms with van der Waals surface area (Å²) in [7, 11) is 0. The first-order chi connectivity index (χ1) is 11.7. The maximum absolute atomic E-state index is 11.9. The average Bonchev–Trinajstić information content (AvgIpc) is 2.52. The second kappa shape index (κ2) is 9.98. The van der Waals surface area contributed by atoms with Gasteiger partial charge in [0.05, 0.1) is 10.5 Å². The number of rotatable bonds is 9. The van der Waals surface area contributed by atoms with Crippen molar-refractivity contribution in [3.63, 3.8) is 0 Å². The smallest absolute Gasteiger partial charge is 0.338 e. The van der Waals surface area contributed by atoms with Crippen molar-refractivity contribution < 1.29 is 19.2 Å². The van der Waals surface area contributed by atoms with Crippen molar-refractivity contribution in [2.75, 3.05) is 6.61 Å². The molecule has 0 saturated carbocycles. The molecule has 25 heavy (non-hydrogen) atoms. The fourth-order valence-corrected chi connectivity index (χ4v) is 2.40. The highest BCUT2D eigenvalue weighted by molar-refractivity contribution is 6.32. The van der Waals surface area contributed by atoms with Gasteiger partial charge in [0.2, 0.25) is 0 Å². The Bertz CT molecular complexity index is 633. The molecule has 0 spiro atoms. The topological polar surface area (TPSA) is 98.5 Å². The van der Waals surface area contributed by atoms with Gasteiger partial charge in [0.25, 0.3) is 11.6 Å². The maximum Gasteiger partial charge on any atom is 0.338 e. The highest BCUT2D eigenvalue weighted by Gasteiger charge is 2.18. The molecule has 0 aromatic heterocycles. The van der Waals surface area contributed by atoms with Crippen molar-refractivity contribution >= 4 is 29.2 Å². The molecule has 0 saturated heterocycles. The van der Waals surface area contributed by atoms with E-state index in [9.17, 15) is 19.7 Å². The molecule has 0 fully saturated rings. The first kappa shape index (κ1) is 20.9. The number of nitrogens with one attached hydrogen (secondary N) is 1. The van der Waals surface area contributed by atoms with Crippen molar-refractivity contribution in [2.24, 2.45) is 5.92 Å². The zero-order valence-electron chi connectivity index (χ0n) is 14.6. The number of benzene rings is 1. The van der Waals surface area contributed by atoms with Crippen LogP contribution in [0, 0.1) is 16.0 Å². The van der Waals surface area contributed by atoms with E-state index in [-0.39, 0.29) is 22.3 Å². The van der Waals surface area contributed by atoms with Gasteiger partial charge in [0, 0.05) is 12.1 Å². The van der Waals surface area contributed by atoms with Crippen LogP contribution in [-0.4, -0.2) is 29.4 Å². The van der Waals surface area contributed by atoms with Gasteiger partial charge in [-0.3, -0.25) is 14.9 Å². The Labute approximate surface area is 151 Å². The molecule has 1 aromatic carbocycles. The Kier molecular flexibility index (Phi) is 8.34. The minimum atomic E-state index is -0.817. The summed E-state index contributed by atoms with van der Waals surface area (Å²) >= 11 is 5.68. The molecular weight excluding hydrogens is 348 g/mol. The summed E-state index contributed by atoms with van der Waals surface area (Å²) in [6, 6.07) is 3.57. The van der Waals surface area contributed by atoms with Crippen LogP contribution in [-0.2, 0) is 9.53 Å². The lowest BCUT2D eigenvalue weighted by Crippen LogP contribution is -2.35. The summed E-state index contributed by atoms with van der Waals surface area (Å²) < 4.78 is 4.89. The molecule has 138 valence electrons. The van der Waals surface area contributed by atoms with Crippen LogP contribution in [0.15, 0.2) is 18.2 Å². The highest BCUT2D eigenvalue weighted by atomic mass is 35.5. The Morgan fingerprint density at radius 1 is 1.28 bits per heavy atom. The molecule has 1 atom stereocenters. The fraction of sp³-hybridized carbons (Fsp3) is 0.529. The normalized spacial score (nSPS) is 11.9. The molecule has 8 heteroatoms. The van der Waals surface area contributed by atoms with Crippen LogP contribution in [0.1, 0.15) is 50.4 Å². The van der Waals surface area contributed by atoms with Gasteiger partial charge in [-0.05, 0) is 31.4 Å². The molecule has 1 rings (SSSR count). The minimum absolute atomic E-state index is 0.0124. The lowest BCUT2D eigenvalue weighted by Gasteiger charge is -2.14. The third kappa shape index (κ3) is 7.51. The number of carbonyl (C=O) groups is 2. The van der Waals surface area contributed by atoms with Gasteiger partial charge in [-0.25, -0.2) is 4.79 Å². The first-order valence-corrected chi connectivity index (χ1v) is 8.49. The number of hydrogen-bond acceptors (Lipinski definition) is 5. The zero-order chi connectivity index (χ0) is 19.0. The summed E-state index contributed by atoms with van der Waals surface area (Å²) in [5, 5.41) is 13.5. The van der Waals surface area contributed by atoms with Gasteiger partial charge in [-0.1, -0.05) is 38.3 Å². The highest BCUT2D eigenvalue weighted by Crippen LogP contribution is 2.25. The van der Waals surface area contributed by atoms with E-state index in [1.54, 1.807) is 0 Å². The maximum atomic E-state index is 11.9. The SMILES string of the molecule is CC(C)CCC[C@H](C)NC(=O)COC(=O)c1ccc(Cl)c([N+](=O)[O-])c1.